The van der Waals surface area contributed by atoms with Gasteiger partial charge in [0.2, 0.25) is 0 Å². The summed E-state index contributed by atoms with van der Waals surface area (Å²) in [7, 11) is 0. The third-order valence-corrected chi connectivity index (χ3v) is 4.60. The predicted molar refractivity (Wildman–Crippen MR) is 79.6 cm³/mol. The van der Waals surface area contributed by atoms with E-state index in [1.165, 1.54) is 32.1 Å². The van der Waals surface area contributed by atoms with E-state index in [-0.39, 0.29) is 5.54 Å². The summed E-state index contributed by atoms with van der Waals surface area (Å²) < 4.78 is 5.60. The minimum Gasteiger partial charge on any atom is -0.444 e. The van der Waals surface area contributed by atoms with E-state index < -0.39 is 0 Å². The van der Waals surface area contributed by atoms with E-state index in [1.54, 1.807) is 0 Å². The maximum absolute atomic E-state index is 6.22. The Morgan fingerprint density at radius 2 is 1.95 bits per heavy atom. The highest BCUT2D eigenvalue weighted by molar-refractivity contribution is 6.30. The molecule has 0 amide bonds. The second kappa shape index (κ2) is 5.18. The van der Waals surface area contributed by atoms with E-state index >= 15 is 0 Å². The molecule has 3 heteroatoms. The molecule has 1 saturated carbocycles. The zero-order valence-electron chi connectivity index (χ0n) is 11.3. The molecule has 0 saturated heterocycles. The van der Waals surface area contributed by atoms with Crippen LogP contribution in [-0.2, 0) is 6.54 Å². The average Bonchev–Trinajstić information content (AvgIpc) is 2.73. The van der Waals surface area contributed by atoms with Gasteiger partial charge in [-0.05, 0) is 37.4 Å². The van der Waals surface area contributed by atoms with Gasteiger partial charge in [0.05, 0.1) is 0 Å². The van der Waals surface area contributed by atoms with Crippen molar-refractivity contribution >= 4 is 22.6 Å². The highest BCUT2D eigenvalue weighted by Crippen LogP contribution is 2.32. The Morgan fingerprint density at radius 3 is 2.74 bits per heavy atom. The Bertz CT molecular complexity index is 569. The van der Waals surface area contributed by atoms with E-state index in [0.717, 1.165) is 23.1 Å². The summed E-state index contributed by atoms with van der Waals surface area (Å²) in [6.07, 6.45) is 6.51. The molecule has 2 aromatic rings. The number of hydrogen-bond acceptors (Lipinski definition) is 2. The maximum Gasteiger partial charge on any atom is 0.199 e. The molecule has 0 radical (unpaired) electrons. The first-order valence-corrected chi connectivity index (χ1v) is 7.47. The van der Waals surface area contributed by atoms with Gasteiger partial charge in [-0.1, -0.05) is 37.5 Å². The monoisotopic (exact) mass is 277 g/mol. The first-order valence-electron chi connectivity index (χ1n) is 7.09. The molecule has 0 atom stereocenters. The number of halogens is 1. The van der Waals surface area contributed by atoms with Gasteiger partial charge in [0.15, 0.2) is 5.22 Å². The number of fused-ring (bicyclic) bond motifs is 1. The highest BCUT2D eigenvalue weighted by atomic mass is 35.5. The number of para-hydroxylation sites is 1. The third-order valence-electron chi connectivity index (χ3n) is 4.30. The second-order valence-electron chi connectivity index (χ2n) is 5.83. The van der Waals surface area contributed by atoms with Crippen LogP contribution in [0.5, 0.6) is 0 Å². The lowest BCUT2D eigenvalue weighted by Gasteiger charge is -2.34. The first-order chi connectivity index (χ1) is 9.18. The van der Waals surface area contributed by atoms with Gasteiger partial charge in [0.1, 0.15) is 5.58 Å². The van der Waals surface area contributed by atoms with Crippen LogP contribution in [0.2, 0.25) is 5.22 Å². The van der Waals surface area contributed by atoms with Crippen LogP contribution < -0.4 is 5.32 Å². The number of nitrogens with one attached hydrogen (secondary N) is 1. The van der Waals surface area contributed by atoms with Crippen molar-refractivity contribution < 1.29 is 4.42 Å². The van der Waals surface area contributed by atoms with Crippen molar-refractivity contribution in [3.05, 3.63) is 35.0 Å². The zero-order chi connectivity index (χ0) is 13.3. The number of hydrogen-bond donors (Lipinski definition) is 1. The Kier molecular flexibility index (Phi) is 3.55. The predicted octanol–water partition coefficient (Wildman–Crippen LogP) is 4.90. The van der Waals surface area contributed by atoms with Crippen LogP contribution in [0, 0.1) is 0 Å². The van der Waals surface area contributed by atoms with Crippen LogP contribution in [0.15, 0.2) is 28.7 Å². The molecule has 0 unspecified atom stereocenters. The van der Waals surface area contributed by atoms with Gasteiger partial charge in [-0.2, -0.15) is 0 Å². The van der Waals surface area contributed by atoms with Crippen molar-refractivity contribution in [2.75, 3.05) is 0 Å². The fourth-order valence-electron chi connectivity index (χ4n) is 3.04. The van der Waals surface area contributed by atoms with E-state index in [4.69, 9.17) is 16.0 Å². The topological polar surface area (TPSA) is 25.2 Å². The van der Waals surface area contributed by atoms with Crippen molar-refractivity contribution in [1.82, 2.24) is 5.32 Å². The molecule has 1 aromatic carbocycles. The van der Waals surface area contributed by atoms with Gasteiger partial charge in [0, 0.05) is 23.0 Å². The van der Waals surface area contributed by atoms with Crippen molar-refractivity contribution in [2.45, 2.75) is 51.1 Å². The van der Waals surface area contributed by atoms with Crippen molar-refractivity contribution in [3.63, 3.8) is 0 Å². The molecule has 1 aromatic heterocycles. The Balaban J connectivity index is 1.79. The SMILES string of the molecule is CC1(NCc2c(Cl)oc3ccccc23)CCCCC1. The Labute approximate surface area is 119 Å². The fraction of sp³-hybridized carbons (Fsp3) is 0.500. The van der Waals surface area contributed by atoms with Crippen LogP contribution in [0.4, 0.5) is 0 Å². The molecule has 1 aliphatic carbocycles. The van der Waals surface area contributed by atoms with E-state index in [2.05, 4.69) is 18.3 Å². The standard InChI is InChI=1S/C16H20ClNO/c1-16(9-5-2-6-10-16)18-11-13-12-7-3-4-8-14(12)19-15(13)17/h3-4,7-8,18H,2,5-6,9-11H2,1H3. The quantitative estimate of drug-likeness (QED) is 0.863. The summed E-state index contributed by atoms with van der Waals surface area (Å²) in [5.74, 6) is 0. The Hall–Kier alpha value is -0.990. The van der Waals surface area contributed by atoms with Crippen molar-refractivity contribution in [2.24, 2.45) is 0 Å². The minimum atomic E-state index is 0.250. The number of rotatable bonds is 3. The first kappa shape index (κ1) is 13.0. The van der Waals surface area contributed by atoms with Gasteiger partial charge in [0.25, 0.3) is 0 Å². The van der Waals surface area contributed by atoms with Crippen molar-refractivity contribution in [3.8, 4) is 0 Å². The van der Waals surface area contributed by atoms with Crippen molar-refractivity contribution in [1.29, 1.82) is 0 Å². The molecule has 2 nitrogen and oxygen atoms in total. The van der Waals surface area contributed by atoms with Crippen LogP contribution in [0.1, 0.15) is 44.6 Å². The molecule has 1 aliphatic rings. The van der Waals surface area contributed by atoms with Gasteiger partial charge in [-0.15, -0.1) is 0 Å². The average molecular weight is 278 g/mol. The minimum absolute atomic E-state index is 0.250. The summed E-state index contributed by atoms with van der Waals surface area (Å²) in [6, 6.07) is 8.04. The van der Waals surface area contributed by atoms with Crippen LogP contribution in [0.3, 0.4) is 0 Å². The lowest BCUT2D eigenvalue weighted by Crippen LogP contribution is -2.43. The van der Waals surface area contributed by atoms with Gasteiger partial charge >= 0.3 is 0 Å². The molecule has 102 valence electrons. The molecule has 19 heavy (non-hydrogen) atoms. The molecular weight excluding hydrogens is 258 g/mol. The molecule has 3 rings (SSSR count). The maximum atomic E-state index is 6.22. The lowest BCUT2D eigenvalue weighted by molar-refractivity contribution is 0.252. The van der Waals surface area contributed by atoms with Gasteiger partial charge in [-0.3, -0.25) is 0 Å². The summed E-state index contributed by atoms with van der Waals surface area (Å²) >= 11 is 6.22. The molecule has 0 bridgehead atoms. The Morgan fingerprint density at radius 1 is 1.21 bits per heavy atom. The molecular formula is C16H20ClNO. The van der Waals surface area contributed by atoms with E-state index in [0.29, 0.717) is 5.22 Å². The highest BCUT2D eigenvalue weighted by Gasteiger charge is 2.26. The smallest absolute Gasteiger partial charge is 0.199 e. The summed E-state index contributed by atoms with van der Waals surface area (Å²) in [4.78, 5) is 0. The molecule has 1 fully saturated rings. The number of benzene rings is 1. The van der Waals surface area contributed by atoms with Gasteiger partial charge in [-0.25, -0.2) is 0 Å². The molecule has 1 N–H and O–H groups in total. The van der Waals surface area contributed by atoms with E-state index in [1.807, 2.05) is 18.2 Å². The molecule has 0 aliphatic heterocycles. The fourth-order valence-corrected chi connectivity index (χ4v) is 3.30. The second-order valence-corrected chi connectivity index (χ2v) is 6.17. The zero-order valence-corrected chi connectivity index (χ0v) is 12.1. The molecule has 1 heterocycles. The summed E-state index contributed by atoms with van der Waals surface area (Å²) in [6.45, 7) is 3.11. The number of furan rings is 1. The van der Waals surface area contributed by atoms with Crippen LogP contribution >= 0.6 is 11.6 Å². The third kappa shape index (κ3) is 2.65. The lowest BCUT2D eigenvalue weighted by atomic mass is 9.83. The summed E-state index contributed by atoms with van der Waals surface area (Å²) in [5.41, 5.74) is 2.21. The van der Waals surface area contributed by atoms with Crippen LogP contribution in [0.25, 0.3) is 11.0 Å². The molecule has 0 spiro atoms. The largest absolute Gasteiger partial charge is 0.444 e. The van der Waals surface area contributed by atoms with E-state index in [9.17, 15) is 0 Å². The van der Waals surface area contributed by atoms with Gasteiger partial charge < -0.3 is 9.73 Å². The van der Waals surface area contributed by atoms with Crippen LogP contribution in [-0.4, -0.2) is 5.54 Å². The normalized spacial score (nSPS) is 18.8. The summed E-state index contributed by atoms with van der Waals surface area (Å²) in [5, 5.41) is 5.33.